The molecule has 0 aliphatic carbocycles. The number of nitrogens with zero attached hydrogens (tertiary/aromatic N) is 1. The second kappa shape index (κ2) is 9.05. The largest absolute Gasteiger partial charge is 0.508 e. The van der Waals surface area contributed by atoms with E-state index in [1.165, 1.54) is 24.8 Å². The summed E-state index contributed by atoms with van der Waals surface area (Å²) < 4.78 is 13.1. The van der Waals surface area contributed by atoms with E-state index in [1.807, 2.05) is 38.1 Å². The summed E-state index contributed by atoms with van der Waals surface area (Å²) in [7, 11) is -3.06. The van der Waals surface area contributed by atoms with Crippen LogP contribution in [0.2, 0.25) is 0 Å². The summed E-state index contributed by atoms with van der Waals surface area (Å²) in [4.78, 5) is 23.2. The molecule has 0 aliphatic heterocycles. The van der Waals surface area contributed by atoms with Gasteiger partial charge in [0.1, 0.15) is 18.2 Å². The van der Waals surface area contributed by atoms with Crippen LogP contribution in [-0.2, 0) is 12.8 Å². The summed E-state index contributed by atoms with van der Waals surface area (Å²) >= 11 is 0. The Morgan fingerprint density at radius 3 is 2.10 bits per heavy atom. The molecule has 3 aromatic carbocycles. The topological polar surface area (TPSA) is 73.1 Å². The van der Waals surface area contributed by atoms with Crippen LogP contribution >= 0.6 is 7.72 Å². The van der Waals surface area contributed by atoms with Crippen molar-refractivity contribution in [2.45, 2.75) is 26.7 Å². The lowest BCUT2D eigenvalue weighted by molar-refractivity contribution is 0.469. The summed E-state index contributed by atoms with van der Waals surface area (Å²) in [5.41, 5.74) is 6.77. The van der Waals surface area contributed by atoms with Crippen molar-refractivity contribution in [3.05, 3.63) is 93.8 Å². The Bertz CT molecular complexity index is 1050. The normalized spacial score (nSPS) is 11.9. The third-order valence-electron chi connectivity index (χ3n) is 4.94. The predicted molar refractivity (Wildman–Crippen MR) is 121 cm³/mol. The monoisotopic (exact) mass is 426 g/mol. The lowest BCUT2D eigenvalue weighted by atomic mass is 9.93. The molecule has 3 rings (SSSR count). The molecule has 0 aliphatic rings. The predicted octanol–water partition coefficient (Wildman–Crippen LogP) is 5.45. The number of rotatable bonds is 6. The van der Waals surface area contributed by atoms with Gasteiger partial charge in [-0.3, -0.25) is 0 Å². The van der Waals surface area contributed by atoms with E-state index in [9.17, 15) is 19.3 Å². The molecule has 3 N–H and O–H groups in total. The lowest BCUT2D eigenvalue weighted by Gasteiger charge is -2.13. The number of phenolic OH excluding ortho intramolecular Hbond substituents is 1. The molecule has 0 heterocycles. The van der Waals surface area contributed by atoms with E-state index >= 15 is 0 Å². The van der Waals surface area contributed by atoms with Gasteiger partial charge in [-0.2, -0.15) is 0 Å². The van der Waals surface area contributed by atoms with Gasteiger partial charge in [-0.05, 0) is 84.0 Å². The van der Waals surface area contributed by atoms with E-state index < -0.39 is 7.72 Å². The minimum atomic E-state index is -3.06. The van der Waals surface area contributed by atoms with Crippen molar-refractivity contribution >= 4 is 19.4 Å². The van der Waals surface area contributed by atoms with Gasteiger partial charge < -0.3 is 5.11 Å². The molecule has 4 nitrogen and oxygen atoms in total. The smallest absolute Gasteiger partial charge is 0.308 e. The Morgan fingerprint density at radius 1 is 0.900 bits per heavy atom. The molecule has 0 radical (unpaired) electrons. The fourth-order valence-corrected chi connectivity index (χ4v) is 3.77. The van der Waals surface area contributed by atoms with Crippen LogP contribution in [-0.4, -0.2) is 27.5 Å². The fourth-order valence-electron chi connectivity index (χ4n) is 3.42. The highest BCUT2D eigenvalue weighted by molar-refractivity contribution is 7.78. The average Bonchev–Trinajstić information content (AvgIpc) is 2.66. The molecule has 0 saturated heterocycles. The molecule has 30 heavy (non-hydrogen) atoms. The van der Waals surface area contributed by atoms with Gasteiger partial charge in [0, 0.05) is 6.42 Å². The maximum atomic E-state index is 13.1. The van der Waals surface area contributed by atoms with Crippen molar-refractivity contribution in [1.82, 2.24) is 0 Å². The van der Waals surface area contributed by atoms with Crippen molar-refractivity contribution in [3.8, 4) is 5.75 Å². The molecule has 156 valence electrons. The molecular weight excluding hydrogens is 400 g/mol. The van der Waals surface area contributed by atoms with E-state index in [2.05, 4.69) is 4.99 Å². The number of hydrogen-bond acceptors (Lipinski definition) is 4. The quantitative estimate of drug-likeness (QED) is 0.362. The van der Waals surface area contributed by atoms with Crippen LogP contribution < -0.4 is 0 Å². The number of hydrogen-bond donors (Lipinski definition) is 3. The van der Waals surface area contributed by atoms with Gasteiger partial charge >= 0.3 is 7.72 Å². The first-order valence-corrected chi connectivity index (χ1v) is 11.8. The second-order valence-electron chi connectivity index (χ2n) is 7.72. The first-order valence-electron chi connectivity index (χ1n) is 9.63. The van der Waals surface area contributed by atoms with Gasteiger partial charge in [0.05, 0.1) is 5.69 Å². The fraction of sp³-hybridized carbons (Fsp3) is 0.208. The van der Waals surface area contributed by atoms with Crippen molar-refractivity contribution < 1.29 is 19.3 Å². The second-order valence-corrected chi connectivity index (χ2v) is 9.91. The first kappa shape index (κ1) is 22.1. The molecule has 0 aromatic heterocycles. The van der Waals surface area contributed by atoms with Crippen LogP contribution in [0.5, 0.6) is 5.75 Å². The standard InChI is InChI=1S/C24H25FNO3P/c1-16-10-22(26-15-30(3,28)29)11-17(2)23(16)14-19-6-9-24(27)20(13-19)12-18-4-7-21(25)8-5-18/h4-11,13,15,28-29H,12,14H2,1-3H3/p+1. The maximum absolute atomic E-state index is 13.1. The third kappa shape index (κ3) is 5.96. The minimum absolute atomic E-state index is 0.223. The van der Waals surface area contributed by atoms with Crippen molar-refractivity contribution in [2.24, 2.45) is 4.99 Å². The zero-order valence-corrected chi connectivity index (χ0v) is 18.2. The SMILES string of the molecule is Cc1cc(N=C[P+](C)(O)O)cc(C)c1Cc1ccc(O)c(Cc2ccc(F)cc2)c1. The molecular formula is C24H26FNO3P+. The van der Waals surface area contributed by atoms with Crippen LogP contribution in [0.25, 0.3) is 0 Å². The van der Waals surface area contributed by atoms with Gasteiger partial charge in [0.2, 0.25) is 5.96 Å². The molecule has 6 heteroatoms. The number of aryl methyl sites for hydroxylation is 2. The van der Waals surface area contributed by atoms with Crippen LogP contribution in [0.3, 0.4) is 0 Å². The highest BCUT2D eigenvalue weighted by Gasteiger charge is 2.21. The average molecular weight is 426 g/mol. The Kier molecular flexibility index (Phi) is 6.67. The number of aliphatic imine (C=N–C) groups is 1. The highest BCUT2D eigenvalue weighted by Crippen LogP contribution is 2.42. The van der Waals surface area contributed by atoms with Crippen LogP contribution in [0.1, 0.15) is 33.4 Å². The van der Waals surface area contributed by atoms with Crippen molar-refractivity contribution in [2.75, 3.05) is 6.66 Å². The van der Waals surface area contributed by atoms with Crippen molar-refractivity contribution in [3.63, 3.8) is 0 Å². The van der Waals surface area contributed by atoms with Gasteiger partial charge in [-0.15, -0.1) is 0 Å². The number of halogens is 1. The van der Waals surface area contributed by atoms with Crippen LogP contribution in [0.15, 0.2) is 59.6 Å². The summed E-state index contributed by atoms with van der Waals surface area (Å²) in [6.07, 6.45) is 1.22. The summed E-state index contributed by atoms with van der Waals surface area (Å²) in [6, 6.07) is 15.7. The van der Waals surface area contributed by atoms with Gasteiger partial charge in [0.15, 0.2) is 0 Å². The first-order chi connectivity index (χ1) is 14.1. The molecule has 0 amide bonds. The lowest BCUT2D eigenvalue weighted by Crippen LogP contribution is -1.98. The zero-order chi connectivity index (χ0) is 21.9. The van der Waals surface area contributed by atoms with Crippen LogP contribution in [0.4, 0.5) is 10.1 Å². The highest BCUT2D eigenvalue weighted by atomic mass is 31.2. The van der Waals surface area contributed by atoms with E-state index in [1.54, 1.807) is 18.2 Å². The molecule has 0 spiro atoms. The Balaban J connectivity index is 1.84. The molecule has 0 bridgehead atoms. The molecule has 0 atom stereocenters. The number of aromatic hydroxyl groups is 1. The maximum Gasteiger partial charge on any atom is 0.308 e. The van der Waals surface area contributed by atoms with Gasteiger partial charge in [-0.1, -0.05) is 24.3 Å². The molecule has 0 saturated carbocycles. The molecule has 0 fully saturated rings. The van der Waals surface area contributed by atoms with Crippen molar-refractivity contribution in [1.29, 1.82) is 0 Å². The summed E-state index contributed by atoms with van der Waals surface area (Å²) in [5.74, 6) is 1.16. The zero-order valence-electron chi connectivity index (χ0n) is 17.3. The third-order valence-corrected chi connectivity index (χ3v) is 5.49. The number of benzene rings is 3. The Labute approximate surface area is 176 Å². The molecule has 3 aromatic rings. The molecule has 0 unspecified atom stereocenters. The Morgan fingerprint density at radius 2 is 1.50 bits per heavy atom. The van der Waals surface area contributed by atoms with Gasteiger partial charge in [-0.25, -0.2) is 19.2 Å². The van der Waals surface area contributed by atoms with Gasteiger partial charge in [0.25, 0.3) is 0 Å². The number of phenols is 1. The summed E-state index contributed by atoms with van der Waals surface area (Å²) in [6.45, 7) is 5.37. The Hall–Kier alpha value is -2.59. The van der Waals surface area contributed by atoms with E-state index in [0.29, 0.717) is 18.5 Å². The van der Waals surface area contributed by atoms with Crippen LogP contribution in [0, 0.1) is 19.7 Å². The van der Waals surface area contributed by atoms with E-state index in [-0.39, 0.29) is 11.6 Å². The van der Waals surface area contributed by atoms with E-state index in [4.69, 9.17) is 0 Å². The van der Waals surface area contributed by atoms with E-state index in [0.717, 1.165) is 33.4 Å². The minimum Gasteiger partial charge on any atom is -0.508 e. The summed E-state index contributed by atoms with van der Waals surface area (Å²) in [5, 5.41) is 10.3.